The van der Waals surface area contributed by atoms with Crippen LogP contribution in [0.1, 0.15) is 11.1 Å². The fraction of sp³-hybridized carbons (Fsp3) is 0.0833. The Morgan fingerprint density at radius 2 is 2.00 bits per heavy atom. The van der Waals surface area contributed by atoms with Crippen LogP contribution in [0.2, 0.25) is 0 Å². The average molecular weight is 205 g/mol. The molecule has 0 aliphatic carbocycles. The van der Waals surface area contributed by atoms with Gasteiger partial charge in [0.2, 0.25) is 0 Å². The quantitative estimate of drug-likeness (QED) is 0.313. The summed E-state index contributed by atoms with van der Waals surface area (Å²) in [6, 6.07) is 7.59. The van der Waals surface area contributed by atoms with Gasteiger partial charge in [-0.2, -0.15) is 0 Å². The number of rotatable bonds is 2. The van der Waals surface area contributed by atoms with Gasteiger partial charge in [0.15, 0.2) is 0 Å². The number of halogens is 1. The van der Waals surface area contributed by atoms with Gasteiger partial charge in [-0.3, -0.25) is 4.79 Å². The van der Waals surface area contributed by atoms with Crippen LogP contribution in [0.15, 0.2) is 30.3 Å². The minimum absolute atomic E-state index is 0.340. The molecule has 0 unspecified atom stereocenters. The molecule has 0 aliphatic heterocycles. The number of carbonyl (C=O) groups excluding carboxylic acids is 1. The first kappa shape index (κ1) is 10.6. The summed E-state index contributed by atoms with van der Waals surface area (Å²) in [5.74, 6) is 6.01. The van der Waals surface area contributed by atoms with Gasteiger partial charge in [-0.25, -0.2) is 0 Å². The highest BCUT2D eigenvalue weighted by molar-refractivity contribution is 6.19. The lowest BCUT2D eigenvalue weighted by atomic mass is 10.1. The molecule has 0 heterocycles. The number of hydrogen-bond donors (Lipinski definition) is 0. The molecule has 70 valence electrons. The van der Waals surface area contributed by atoms with Crippen molar-refractivity contribution >= 4 is 24.0 Å². The Kier molecular flexibility index (Phi) is 4.54. The first-order valence-electron chi connectivity index (χ1n) is 4.13. The molecule has 0 saturated heterocycles. The first-order chi connectivity index (χ1) is 6.86. The fourth-order valence-electron chi connectivity index (χ4n) is 0.963. The molecular formula is C12H9ClO. The van der Waals surface area contributed by atoms with Crippen LogP contribution in [0, 0.1) is 11.8 Å². The van der Waals surface area contributed by atoms with Crippen LogP contribution in [-0.4, -0.2) is 12.2 Å². The maximum Gasteiger partial charge on any atom is 0.142 e. The Bertz CT molecular complexity index is 379. The van der Waals surface area contributed by atoms with Crippen molar-refractivity contribution in [3.8, 4) is 11.8 Å². The van der Waals surface area contributed by atoms with E-state index >= 15 is 0 Å². The second-order valence-electron chi connectivity index (χ2n) is 2.55. The molecule has 1 aromatic rings. The van der Waals surface area contributed by atoms with E-state index in [4.69, 9.17) is 11.6 Å². The first-order valence-corrected chi connectivity index (χ1v) is 4.67. The van der Waals surface area contributed by atoms with Gasteiger partial charge < -0.3 is 0 Å². The highest BCUT2D eigenvalue weighted by atomic mass is 35.5. The summed E-state index contributed by atoms with van der Waals surface area (Å²) in [6.07, 6.45) is 3.95. The van der Waals surface area contributed by atoms with Crippen LogP contribution >= 0.6 is 11.6 Å². The normalized spacial score (nSPS) is 9.50. The molecule has 2 heteroatoms. The largest absolute Gasteiger partial charge is 0.299 e. The van der Waals surface area contributed by atoms with Crippen LogP contribution in [0.5, 0.6) is 0 Å². The summed E-state index contributed by atoms with van der Waals surface area (Å²) >= 11 is 5.43. The van der Waals surface area contributed by atoms with E-state index in [0.717, 1.165) is 17.4 Å². The molecule has 0 amide bonds. The smallest absolute Gasteiger partial charge is 0.142 e. The summed E-state index contributed by atoms with van der Waals surface area (Å²) in [7, 11) is 0. The molecule has 1 rings (SSSR count). The third-order valence-electron chi connectivity index (χ3n) is 1.58. The molecule has 0 spiro atoms. The number of hydrogen-bond acceptors (Lipinski definition) is 1. The van der Waals surface area contributed by atoms with E-state index in [0.29, 0.717) is 5.88 Å². The van der Waals surface area contributed by atoms with Crippen molar-refractivity contribution in [3.63, 3.8) is 0 Å². The molecular weight excluding hydrogens is 196 g/mol. The Labute approximate surface area is 88.4 Å². The van der Waals surface area contributed by atoms with Crippen LogP contribution in [-0.2, 0) is 4.79 Å². The zero-order chi connectivity index (χ0) is 10.2. The number of alkyl halides is 1. The minimum Gasteiger partial charge on any atom is -0.299 e. The molecule has 0 N–H and O–H groups in total. The van der Waals surface area contributed by atoms with Crippen LogP contribution in [0.25, 0.3) is 6.08 Å². The van der Waals surface area contributed by atoms with Gasteiger partial charge in [-0.05, 0) is 23.8 Å². The van der Waals surface area contributed by atoms with E-state index in [2.05, 4.69) is 11.8 Å². The second-order valence-corrected chi connectivity index (χ2v) is 2.82. The standard InChI is InChI=1S/C12H9ClO/c13-9-1-3-11-5-7-12(8-6-11)4-2-10-14/h2,4-8,10H,9H2/b4-2+. The molecule has 0 aromatic heterocycles. The maximum absolute atomic E-state index is 10.1. The molecule has 0 saturated carbocycles. The molecule has 0 aliphatic rings. The third kappa shape index (κ3) is 3.47. The lowest BCUT2D eigenvalue weighted by Crippen LogP contribution is -1.76. The summed E-state index contributed by atoms with van der Waals surface area (Å²) < 4.78 is 0. The number of carbonyl (C=O) groups is 1. The van der Waals surface area contributed by atoms with E-state index in [1.54, 1.807) is 6.08 Å². The summed E-state index contributed by atoms with van der Waals surface area (Å²) in [5, 5.41) is 0. The van der Waals surface area contributed by atoms with Crippen LogP contribution in [0.4, 0.5) is 0 Å². The van der Waals surface area contributed by atoms with Crippen molar-refractivity contribution < 1.29 is 4.79 Å². The van der Waals surface area contributed by atoms with Crippen molar-refractivity contribution in [3.05, 3.63) is 41.5 Å². The van der Waals surface area contributed by atoms with Crippen molar-refractivity contribution in [2.45, 2.75) is 0 Å². The lowest BCUT2D eigenvalue weighted by molar-refractivity contribution is -0.104. The van der Waals surface area contributed by atoms with Gasteiger partial charge in [0.25, 0.3) is 0 Å². The van der Waals surface area contributed by atoms with Gasteiger partial charge in [0.1, 0.15) is 6.29 Å². The lowest BCUT2D eigenvalue weighted by Gasteiger charge is -1.92. The van der Waals surface area contributed by atoms with E-state index in [1.807, 2.05) is 24.3 Å². The number of aldehydes is 1. The average Bonchev–Trinajstić information content (AvgIpc) is 2.25. The molecule has 0 bridgehead atoms. The van der Waals surface area contributed by atoms with E-state index < -0.39 is 0 Å². The predicted octanol–water partition coefficient (Wildman–Crippen LogP) is 2.49. The Morgan fingerprint density at radius 1 is 1.29 bits per heavy atom. The van der Waals surface area contributed by atoms with Crippen LogP contribution in [0.3, 0.4) is 0 Å². The van der Waals surface area contributed by atoms with Crippen molar-refractivity contribution in [1.29, 1.82) is 0 Å². The van der Waals surface area contributed by atoms with Crippen molar-refractivity contribution in [2.24, 2.45) is 0 Å². The highest BCUT2D eigenvalue weighted by Gasteiger charge is 1.87. The molecule has 1 aromatic carbocycles. The van der Waals surface area contributed by atoms with Gasteiger partial charge in [-0.15, -0.1) is 11.6 Å². The van der Waals surface area contributed by atoms with E-state index in [9.17, 15) is 4.79 Å². The maximum atomic E-state index is 10.1. The topological polar surface area (TPSA) is 17.1 Å². The minimum atomic E-state index is 0.340. The zero-order valence-corrected chi connectivity index (χ0v) is 8.29. The summed E-state index contributed by atoms with van der Waals surface area (Å²) in [6.45, 7) is 0. The van der Waals surface area contributed by atoms with Gasteiger partial charge >= 0.3 is 0 Å². The Hall–Kier alpha value is -1.52. The summed E-state index contributed by atoms with van der Waals surface area (Å²) in [5.41, 5.74) is 1.91. The highest BCUT2D eigenvalue weighted by Crippen LogP contribution is 2.04. The van der Waals surface area contributed by atoms with Crippen molar-refractivity contribution in [2.75, 3.05) is 5.88 Å². The SMILES string of the molecule is O=C/C=C/c1ccc(C#CCCl)cc1. The number of allylic oxidation sites excluding steroid dienone is 1. The Morgan fingerprint density at radius 3 is 2.57 bits per heavy atom. The van der Waals surface area contributed by atoms with Gasteiger partial charge in [-0.1, -0.05) is 30.0 Å². The molecule has 0 atom stereocenters. The summed E-state index contributed by atoms with van der Waals surface area (Å²) in [4.78, 5) is 10.1. The fourth-order valence-corrected chi connectivity index (χ4v) is 1.03. The molecule has 0 radical (unpaired) electrons. The second kappa shape index (κ2) is 6.01. The Balaban J connectivity index is 2.78. The van der Waals surface area contributed by atoms with E-state index in [1.165, 1.54) is 6.08 Å². The molecule has 14 heavy (non-hydrogen) atoms. The van der Waals surface area contributed by atoms with Gasteiger partial charge in [0.05, 0.1) is 5.88 Å². The zero-order valence-electron chi connectivity index (χ0n) is 7.53. The molecule has 0 fully saturated rings. The predicted molar refractivity (Wildman–Crippen MR) is 59.1 cm³/mol. The monoisotopic (exact) mass is 204 g/mol. The van der Waals surface area contributed by atoms with E-state index in [-0.39, 0.29) is 0 Å². The van der Waals surface area contributed by atoms with Gasteiger partial charge in [0, 0.05) is 5.56 Å². The van der Waals surface area contributed by atoms with Crippen LogP contribution < -0.4 is 0 Å². The third-order valence-corrected chi connectivity index (χ3v) is 1.71. The number of benzene rings is 1. The molecule has 1 nitrogen and oxygen atoms in total. The van der Waals surface area contributed by atoms with Crippen molar-refractivity contribution in [1.82, 2.24) is 0 Å².